The van der Waals surface area contributed by atoms with Crippen molar-refractivity contribution in [3.05, 3.63) is 65.2 Å². The number of nitrogens with zero attached hydrogens (tertiary/aromatic N) is 1. The van der Waals surface area contributed by atoms with E-state index in [1.165, 1.54) is 16.4 Å². The summed E-state index contributed by atoms with van der Waals surface area (Å²) in [6, 6.07) is 15.2. The van der Waals surface area contributed by atoms with Gasteiger partial charge in [-0.05, 0) is 42.7 Å². The average molecular weight is 466 g/mol. The third-order valence-electron chi connectivity index (χ3n) is 4.76. The fraction of sp³-hybridized carbons (Fsp3) is 0.333. The fourth-order valence-electron chi connectivity index (χ4n) is 3.14. The van der Waals surface area contributed by atoms with Crippen LogP contribution in [0.15, 0.2) is 59.5 Å². The maximum atomic E-state index is 12.9. The third kappa shape index (κ3) is 6.27. The molecule has 1 saturated heterocycles. The van der Waals surface area contributed by atoms with Crippen LogP contribution in [0.2, 0.25) is 5.02 Å². The van der Waals surface area contributed by atoms with Crippen molar-refractivity contribution >= 4 is 33.4 Å². The first kappa shape index (κ1) is 23.2. The Kier molecular flexibility index (Phi) is 8.03. The van der Waals surface area contributed by atoms with Crippen molar-refractivity contribution < 1.29 is 22.7 Å². The molecule has 0 unspecified atom stereocenters. The normalized spacial score (nSPS) is 17.1. The zero-order valence-electron chi connectivity index (χ0n) is 16.8. The van der Waals surface area contributed by atoms with Crippen molar-refractivity contribution in [3.63, 3.8) is 0 Å². The van der Waals surface area contributed by atoms with E-state index in [1.54, 1.807) is 30.3 Å². The van der Waals surface area contributed by atoms with E-state index in [4.69, 9.17) is 16.3 Å². The zero-order chi connectivity index (χ0) is 22.3. The molecule has 2 amide bonds. The molecule has 0 aliphatic carbocycles. The van der Waals surface area contributed by atoms with Crippen LogP contribution >= 0.6 is 11.6 Å². The van der Waals surface area contributed by atoms with Gasteiger partial charge in [-0.2, -0.15) is 4.31 Å². The van der Waals surface area contributed by atoms with Gasteiger partial charge in [-0.25, -0.2) is 8.42 Å². The van der Waals surface area contributed by atoms with Gasteiger partial charge in [-0.15, -0.1) is 0 Å². The third-order valence-corrected chi connectivity index (χ3v) is 6.92. The lowest BCUT2D eigenvalue weighted by Crippen LogP contribution is -2.53. The average Bonchev–Trinajstić information content (AvgIpc) is 2.79. The fourth-order valence-corrected chi connectivity index (χ4v) is 4.85. The molecule has 166 valence electrons. The van der Waals surface area contributed by atoms with Crippen LogP contribution in [-0.2, 0) is 30.8 Å². The molecule has 1 aliphatic rings. The number of ether oxygens (including phenoxy) is 1. The summed E-state index contributed by atoms with van der Waals surface area (Å²) in [4.78, 5) is 24.3. The minimum absolute atomic E-state index is 0.129. The van der Waals surface area contributed by atoms with Gasteiger partial charge in [-0.3, -0.25) is 9.59 Å². The Morgan fingerprint density at radius 2 is 1.71 bits per heavy atom. The molecule has 2 aromatic rings. The van der Waals surface area contributed by atoms with E-state index in [2.05, 4.69) is 10.6 Å². The molecule has 31 heavy (non-hydrogen) atoms. The minimum Gasteiger partial charge on any atom is -0.360 e. The van der Waals surface area contributed by atoms with Gasteiger partial charge in [0.15, 0.2) is 0 Å². The molecule has 8 nitrogen and oxygen atoms in total. The molecule has 0 saturated carbocycles. The lowest BCUT2D eigenvalue weighted by Gasteiger charge is -2.34. The highest BCUT2D eigenvalue weighted by Gasteiger charge is 2.34. The molecule has 0 radical (unpaired) electrons. The second-order valence-electron chi connectivity index (χ2n) is 6.95. The molecule has 1 atom stereocenters. The number of carbonyl (C=O) groups is 2. The van der Waals surface area contributed by atoms with E-state index in [1.807, 2.05) is 12.1 Å². The lowest BCUT2D eigenvalue weighted by atomic mass is 10.1. The quantitative estimate of drug-likeness (QED) is 0.604. The van der Waals surface area contributed by atoms with Gasteiger partial charge in [0.05, 0.1) is 18.0 Å². The maximum Gasteiger partial charge on any atom is 0.309 e. The number of amides is 2. The Balaban J connectivity index is 1.51. The molecule has 10 heteroatoms. The summed E-state index contributed by atoms with van der Waals surface area (Å²) >= 11 is 5.84. The van der Waals surface area contributed by atoms with Crippen LogP contribution in [0, 0.1) is 0 Å². The van der Waals surface area contributed by atoms with E-state index in [-0.39, 0.29) is 24.5 Å². The molecule has 0 spiro atoms. The van der Waals surface area contributed by atoms with Gasteiger partial charge in [0.25, 0.3) is 0 Å². The van der Waals surface area contributed by atoms with Crippen LogP contribution in [0.1, 0.15) is 12.0 Å². The number of hydrogen-bond donors (Lipinski definition) is 2. The minimum atomic E-state index is -3.78. The van der Waals surface area contributed by atoms with Crippen LogP contribution in [0.3, 0.4) is 0 Å². The molecule has 3 rings (SSSR count). The monoisotopic (exact) mass is 465 g/mol. The Morgan fingerprint density at radius 3 is 2.42 bits per heavy atom. The number of sulfonamides is 1. The number of rotatable bonds is 7. The second kappa shape index (κ2) is 10.7. The Labute approximate surface area is 186 Å². The molecule has 1 heterocycles. The highest BCUT2D eigenvalue weighted by Crippen LogP contribution is 2.21. The summed E-state index contributed by atoms with van der Waals surface area (Å²) in [5.41, 5.74) is 0.975. The van der Waals surface area contributed by atoms with Gasteiger partial charge >= 0.3 is 11.8 Å². The lowest BCUT2D eigenvalue weighted by molar-refractivity contribution is -0.140. The van der Waals surface area contributed by atoms with E-state index in [0.29, 0.717) is 24.5 Å². The van der Waals surface area contributed by atoms with Crippen LogP contribution < -0.4 is 10.6 Å². The number of benzene rings is 2. The molecular weight excluding hydrogens is 442 g/mol. The smallest absolute Gasteiger partial charge is 0.309 e. The number of halogens is 1. The Hall–Kier alpha value is -2.46. The van der Waals surface area contributed by atoms with Crippen LogP contribution in [0.5, 0.6) is 0 Å². The second-order valence-corrected chi connectivity index (χ2v) is 9.28. The summed E-state index contributed by atoms with van der Waals surface area (Å²) in [6.45, 7) is 0.789. The molecule has 2 aromatic carbocycles. The van der Waals surface area contributed by atoms with Crippen LogP contribution in [-0.4, -0.2) is 57.0 Å². The van der Waals surface area contributed by atoms with Crippen LogP contribution in [0.4, 0.5) is 0 Å². The SMILES string of the molecule is O=C(NCCc1ccc(Cl)cc1)C(=O)NC[C@H]1OCCCN1S(=O)(=O)c1ccccc1. The first-order chi connectivity index (χ1) is 14.9. The van der Waals surface area contributed by atoms with E-state index < -0.39 is 28.1 Å². The van der Waals surface area contributed by atoms with Crippen molar-refractivity contribution in [2.24, 2.45) is 0 Å². The van der Waals surface area contributed by atoms with E-state index in [0.717, 1.165) is 5.56 Å². The molecule has 1 aliphatic heterocycles. The number of hydrogen-bond acceptors (Lipinski definition) is 5. The highest BCUT2D eigenvalue weighted by molar-refractivity contribution is 7.89. The van der Waals surface area contributed by atoms with Crippen molar-refractivity contribution in [1.29, 1.82) is 0 Å². The van der Waals surface area contributed by atoms with E-state index >= 15 is 0 Å². The largest absolute Gasteiger partial charge is 0.360 e. The molecule has 0 aromatic heterocycles. The standard InChI is InChI=1S/C21H24ClN3O5S/c22-17-9-7-16(8-10-17)11-12-23-20(26)21(27)24-15-19-25(13-4-14-30-19)31(28,29)18-5-2-1-3-6-18/h1-3,5-10,19H,4,11-15H2,(H,23,26)(H,24,27)/t19-/m1/s1. The summed E-state index contributed by atoms with van der Waals surface area (Å²) in [6.07, 6.45) is 0.206. The van der Waals surface area contributed by atoms with Crippen molar-refractivity contribution in [2.45, 2.75) is 24.0 Å². The molecular formula is C21H24ClN3O5S. The predicted molar refractivity (Wildman–Crippen MR) is 116 cm³/mol. The first-order valence-electron chi connectivity index (χ1n) is 9.87. The van der Waals surface area contributed by atoms with E-state index in [9.17, 15) is 18.0 Å². The zero-order valence-corrected chi connectivity index (χ0v) is 18.4. The van der Waals surface area contributed by atoms with Gasteiger partial charge in [-0.1, -0.05) is 41.9 Å². The predicted octanol–water partition coefficient (Wildman–Crippen LogP) is 1.55. The van der Waals surface area contributed by atoms with Crippen molar-refractivity contribution in [3.8, 4) is 0 Å². The van der Waals surface area contributed by atoms with Crippen molar-refractivity contribution in [2.75, 3.05) is 26.2 Å². The summed E-state index contributed by atoms with van der Waals surface area (Å²) in [5, 5.41) is 5.63. The topological polar surface area (TPSA) is 105 Å². The highest BCUT2D eigenvalue weighted by atomic mass is 35.5. The number of nitrogens with one attached hydrogen (secondary N) is 2. The molecule has 1 fully saturated rings. The van der Waals surface area contributed by atoms with Gasteiger partial charge in [0.1, 0.15) is 6.23 Å². The first-order valence-corrected chi connectivity index (χ1v) is 11.7. The molecule has 2 N–H and O–H groups in total. The summed E-state index contributed by atoms with van der Waals surface area (Å²) < 4.78 is 32.6. The summed E-state index contributed by atoms with van der Waals surface area (Å²) in [7, 11) is -3.78. The van der Waals surface area contributed by atoms with Gasteiger partial charge in [0, 0.05) is 18.1 Å². The Bertz CT molecular complexity index is 999. The Morgan fingerprint density at radius 1 is 1.03 bits per heavy atom. The summed E-state index contributed by atoms with van der Waals surface area (Å²) in [5.74, 6) is -1.63. The van der Waals surface area contributed by atoms with Crippen molar-refractivity contribution in [1.82, 2.24) is 14.9 Å². The van der Waals surface area contributed by atoms with Gasteiger partial charge in [0.2, 0.25) is 10.0 Å². The van der Waals surface area contributed by atoms with Gasteiger partial charge < -0.3 is 15.4 Å². The molecule has 0 bridgehead atoms. The van der Waals surface area contributed by atoms with Crippen LogP contribution in [0.25, 0.3) is 0 Å². The number of carbonyl (C=O) groups excluding carboxylic acids is 2. The maximum absolute atomic E-state index is 12.9.